The summed E-state index contributed by atoms with van der Waals surface area (Å²) in [6.45, 7) is 2.01. The molecule has 0 atom stereocenters. The smallest absolute Gasteiger partial charge is 0.341 e. The molecule has 1 aromatic carbocycles. The number of halogens is 1. The Morgan fingerprint density at radius 1 is 1.33 bits per heavy atom. The van der Waals surface area contributed by atoms with E-state index in [1.807, 2.05) is 0 Å². The zero-order chi connectivity index (χ0) is 15.4. The zero-order valence-corrected chi connectivity index (χ0v) is 13.6. The molecule has 3 N–H and O–H groups in total. The first-order valence-corrected chi connectivity index (χ1v) is 7.81. The summed E-state index contributed by atoms with van der Waals surface area (Å²) in [6, 6.07) is 6.64. The van der Waals surface area contributed by atoms with Gasteiger partial charge in [0.15, 0.2) is 0 Å². The molecule has 7 heteroatoms. The summed E-state index contributed by atoms with van der Waals surface area (Å²) >= 11 is 4.54. The fourth-order valence-electron chi connectivity index (χ4n) is 1.67. The highest BCUT2D eigenvalue weighted by molar-refractivity contribution is 9.10. The van der Waals surface area contributed by atoms with E-state index in [0.29, 0.717) is 26.3 Å². The van der Waals surface area contributed by atoms with Gasteiger partial charge in [0.05, 0.1) is 22.2 Å². The molecule has 0 bridgehead atoms. The molecule has 1 aromatic heterocycles. The van der Waals surface area contributed by atoms with Crippen molar-refractivity contribution in [2.45, 2.75) is 6.92 Å². The van der Waals surface area contributed by atoms with Crippen LogP contribution >= 0.6 is 27.3 Å². The predicted molar refractivity (Wildman–Crippen MR) is 86.8 cm³/mol. The van der Waals surface area contributed by atoms with Crippen molar-refractivity contribution in [2.24, 2.45) is 0 Å². The van der Waals surface area contributed by atoms with Gasteiger partial charge in [0.25, 0.3) is 5.91 Å². The second kappa shape index (κ2) is 6.73. The van der Waals surface area contributed by atoms with Crippen LogP contribution in [0.25, 0.3) is 0 Å². The number of esters is 1. The van der Waals surface area contributed by atoms with Gasteiger partial charge in [-0.05, 0) is 46.4 Å². The van der Waals surface area contributed by atoms with Crippen molar-refractivity contribution in [1.82, 2.24) is 0 Å². The lowest BCUT2D eigenvalue weighted by atomic mass is 10.2. The van der Waals surface area contributed by atoms with E-state index in [4.69, 9.17) is 10.5 Å². The van der Waals surface area contributed by atoms with E-state index in [1.54, 1.807) is 36.6 Å². The fourth-order valence-corrected chi connectivity index (χ4v) is 2.89. The molecule has 0 aliphatic carbocycles. The number of nitrogen functional groups attached to an aromatic ring is 1. The maximum Gasteiger partial charge on any atom is 0.341 e. The highest BCUT2D eigenvalue weighted by Crippen LogP contribution is 2.28. The number of thiophene rings is 1. The third kappa shape index (κ3) is 3.43. The molecule has 1 amide bonds. The number of amides is 1. The largest absolute Gasteiger partial charge is 0.462 e. The summed E-state index contributed by atoms with van der Waals surface area (Å²) < 4.78 is 5.47. The Balaban J connectivity index is 2.23. The van der Waals surface area contributed by atoms with Gasteiger partial charge in [0.2, 0.25) is 0 Å². The van der Waals surface area contributed by atoms with Gasteiger partial charge in [-0.3, -0.25) is 4.79 Å². The topological polar surface area (TPSA) is 81.4 Å². The van der Waals surface area contributed by atoms with Gasteiger partial charge >= 0.3 is 5.97 Å². The van der Waals surface area contributed by atoms with E-state index in [-0.39, 0.29) is 12.5 Å². The predicted octanol–water partition coefficient (Wildman–Crippen LogP) is 3.52. The number of benzene rings is 1. The summed E-state index contributed by atoms with van der Waals surface area (Å²) in [5.74, 6) is -0.803. The van der Waals surface area contributed by atoms with Crippen molar-refractivity contribution in [3.8, 4) is 0 Å². The quantitative estimate of drug-likeness (QED) is 0.638. The fraction of sp³-hybridized carbons (Fsp3) is 0.143. The summed E-state index contributed by atoms with van der Waals surface area (Å²) in [6.07, 6.45) is 0. The number of nitrogens with two attached hydrogens (primary N) is 1. The minimum absolute atomic E-state index is 0.281. The lowest BCUT2D eigenvalue weighted by molar-refractivity contribution is 0.0528. The molecular formula is C14H13BrN2O3S. The lowest BCUT2D eigenvalue weighted by Gasteiger charge is -2.08. The van der Waals surface area contributed by atoms with Crippen LogP contribution in [0.2, 0.25) is 0 Å². The number of anilines is 2. The van der Waals surface area contributed by atoms with Crippen LogP contribution in [-0.2, 0) is 4.74 Å². The number of rotatable bonds is 4. The minimum Gasteiger partial charge on any atom is -0.462 e. The average Bonchev–Trinajstić information content (AvgIpc) is 2.90. The Morgan fingerprint density at radius 3 is 2.81 bits per heavy atom. The summed E-state index contributed by atoms with van der Waals surface area (Å²) in [5.41, 5.74) is 6.97. The first kappa shape index (κ1) is 15.5. The van der Waals surface area contributed by atoms with E-state index in [0.717, 1.165) is 0 Å². The van der Waals surface area contributed by atoms with Gasteiger partial charge in [-0.25, -0.2) is 4.79 Å². The van der Waals surface area contributed by atoms with Crippen molar-refractivity contribution in [3.63, 3.8) is 0 Å². The van der Waals surface area contributed by atoms with Crippen molar-refractivity contribution in [2.75, 3.05) is 17.7 Å². The van der Waals surface area contributed by atoms with E-state index in [9.17, 15) is 9.59 Å². The molecule has 0 saturated heterocycles. The van der Waals surface area contributed by atoms with Crippen LogP contribution in [0.15, 0.2) is 34.1 Å². The maximum absolute atomic E-state index is 12.3. The van der Waals surface area contributed by atoms with Crippen molar-refractivity contribution in [1.29, 1.82) is 0 Å². The second-order valence-corrected chi connectivity index (χ2v) is 5.76. The minimum atomic E-state index is -0.458. The Kier molecular flexibility index (Phi) is 4.98. The molecule has 0 aliphatic rings. The molecule has 0 unspecified atom stereocenters. The molecular weight excluding hydrogens is 356 g/mol. The first-order valence-electron chi connectivity index (χ1n) is 6.14. The van der Waals surface area contributed by atoms with E-state index in [2.05, 4.69) is 21.2 Å². The van der Waals surface area contributed by atoms with Gasteiger partial charge in [0, 0.05) is 5.69 Å². The Bertz CT molecular complexity index is 685. The zero-order valence-electron chi connectivity index (χ0n) is 11.2. The SMILES string of the molecule is CCOC(=O)c1ccsc1NC(=O)c1cccc(N)c1Br. The summed E-state index contributed by atoms with van der Waals surface area (Å²) in [7, 11) is 0. The van der Waals surface area contributed by atoms with Crippen molar-refractivity contribution in [3.05, 3.63) is 45.2 Å². The third-order valence-corrected chi connectivity index (χ3v) is 4.38. The monoisotopic (exact) mass is 368 g/mol. The van der Waals surface area contributed by atoms with Gasteiger partial charge in [0.1, 0.15) is 5.00 Å². The number of nitrogens with one attached hydrogen (secondary N) is 1. The third-order valence-electron chi connectivity index (χ3n) is 2.66. The highest BCUT2D eigenvalue weighted by Gasteiger charge is 2.18. The molecule has 2 aromatic rings. The normalized spacial score (nSPS) is 10.2. The number of hydrogen-bond acceptors (Lipinski definition) is 5. The van der Waals surface area contributed by atoms with Crippen LogP contribution in [0.3, 0.4) is 0 Å². The maximum atomic E-state index is 12.3. The van der Waals surface area contributed by atoms with Gasteiger partial charge in [-0.1, -0.05) is 6.07 Å². The van der Waals surface area contributed by atoms with E-state index in [1.165, 1.54) is 11.3 Å². The van der Waals surface area contributed by atoms with Crippen LogP contribution in [0.1, 0.15) is 27.6 Å². The Hall–Kier alpha value is -1.86. The molecule has 5 nitrogen and oxygen atoms in total. The Labute approximate surface area is 134 Å². The van der Waals surface area contributed by atoms with Crippen LogP contribution in [-0.4, -0.2) is 18.5 Å². The van der Waals surface area contributed by atoms with Gasteiger partial charge in [-0.15, -0.1) is 11.3 Å². The van der Waals surface area contributed by atoms with Crippen molar-refractivity contribution >= 4 is 49.8 Å². The molecule has 110 valence electrons. The molecule has 2 rings (SSSR count). The second-order valence-electron chi connectivity index (χ2n) is 4.05. The molecule has 0 radical (unpaired) electrons. The van der Waals surface area contributed by atoms with Crippen LogP contribution in [0.4, 0.5) is 10.7 Å². The van der Waals surface area contributed by atoms with Crippen LogP contribution < -0.4 is 11.1 Å². The molecule has 1 heterocycles. The molecule has 0 saturated carbocycles. The van der Waals surface area contributed by atoms with Gasteiger partial charge in [-0.2, -0.15) is 0 Å². The molecule has 21 heavy (non-hydrogen) atoms. The average molecular weight is 369 g/mol. The number of carbonyl (C=O) groups is 2. The van der Waals surface area contributed by atoms with Crippen LogP contribution in [0.5, 0.6) is 0 Å². The first-order chi connectivity index (χ1) is 10.0. The van der Waals surface area contributed by atoms with Gasteiger partial charge < -0.3 is 15.8 Å². The summed E-state index contributed by atoms with van der Waals surface area (Å²) in [4.78, 5) is 24.0. The Morgan fingerprint density at radius 2 is 2.10 bits per heavy atom. The molecule has 0 spiro atoms. The van der Waals surface area contributed by atoms with E-state index < -0.39 is 5.97 Å². The molecule has 0 aliphatic heterocycles. The standard InChI is InChI=1S/C14H13BrN2O3S/c1-2-20-14(19)9-6-7-21-13(9)17-12(18)8-4-3-5-10(16)11(8)15/h3-7H,2,16H2,1H3,(H,17,18). The lowest BCUT2D eigenvalue weighted by Crippen LogP contribution is -2.15. The molecule has 0 fully saturated rings. The van der Waals surface area contributed by atoms with Crippen LogP contribution in [0, 0.1) is 0 Å². The number of ether oxygens (including phenoxy) is 1. The number of carbonyl (C=O) groups excluding carboxylic acids is 2. The summed E-state index contributed by atoms with van der Waals surface area (Å²) in [5, 5.41) is 4.88. The number of hydrogen-bond donors (Lipinski definition) is 2. The van der Waals surface area contributed by atoms with E-state index >= 15 is 0 Å². The van der Waals surface area contributed by atoms with Crippen molar-refractivity contribution < 1.29 is 14.3 Å². The highest BCUT2D eigenvalue weighted by atomic mass is 79.9.